The number of nitrogens with zero attached hydrogens (tertiary/aromatic N) is 3. The van der Waals surface area contributed by atoms with E-state index in [9.17, 15) is 13.2 Å². The lowest BCUT2D eigenvalue weighted by Crippen LogP contribution is -2.50. The Morgan fingerprint density at radius 3 is 2.15 bits per heavy atom. The third-order valence-electron chi connectivity index (χ3n) is 5.78. The predicted molar refractivity (Wildman–Crippen MR) is 134 cm³/mol. The van der Waals surface area contributed by atoms with Gasteiger partial charge in [0, 0.05) is 26.2 Å². The Morgan fingerprint density at radius 1 is 0.882 bits per heavy atom. The number of amides is 1. The van der Waals surface area contributed by atoms with Crippen LogP contribution in [0.1, 0.15) is 11.1 Å². The van der Waals surface area contributed by atoms with Crippen molar-refractivity contribution in [3.8, 4) is 11.1 Å². The number of nitrogens with one attached hydrogen (secondary N) is 1. The molecule has 1 saturated heterocycles. The van der Waals surface area contributed by atoms with Crippen LogP contribution in [0.5, 0.6) is 0 Å². The number of hydrogen-bond donors (Lipinski definition) is 1. The lowest BCUT2D eigenvalue weighted by molar-refractivity contribution is -0.122. The van der Waals surface area contributed by atoms with Crippen LogP contribution in [-0.4, -0.2) is 62.5 Å². The number of hydrazone groups is 1. The number of benzene rings is 3. The fourth-order valence-corrected chi connectivity index (χ4v) is 5.22. The number of carbonyl (C=O) groups excluding carboxylic acids is 1. The summed E-state index contributed by atoms with van der Waals surface area (Å²) in [6.07, 6.45) is 1.61. The molecule has 0 unspecified atom stereocenters. The first-order valence-corrected chi connectivity index (χ1v) is 12.6. The van der Waals surface area contributed by atoms with Crippen molar-refractivity contribution in [1.29, 1.82) is 0 Å². The maximum Gasteiger partial charge on any atom is 0.254 e. The van der Waals surface area contributed by atoms with Crippen LogP contribution < -0.4 is 5.43 Å². The van der Waals surface area contributed by atoms with E-state index < -0.39 is 10.0 Å². The molecular weight excluding hydrogens is 448 g/mol. The highest BCUT2D eigenvalue weighted by Crippen LogP contribution is 2.19. The Morgan fingerprint density at radius 2 is 1.50 bits per heavy atom. The second kappa shape index (κ2) is 10.7. The minimum absolute atomic E-state index is 0.169. The molecule has 1 heterocycles. The van der Waals surface area contributed by atoms with Gasteiger partial charge in [0.05, 0.1) is 17.7 Å². The van der Waals surface area contributed by atoms with Crippen LogP contribution in [0.3, 0.4) is 0 Å². The molecular formula is C26H28N4O3S. The second-order valence-electron chi connectivity index (χ2n) is 8.27. The molecule has 176 valence electrons. The third-order valence-corrected chi connectivity index (χ3v) is 7.69. The maximum absolute atomic E-state index is 12.8. The van der Waals surface area contributed by atoms with Gasteiger partial charge < -0.3 is 0 Å². The minimum Gasteiger partial charge on any atom is -0.292 e. The zero-order valence-electron chi connectivity index (χ0n) is 19.1. The normalized spacial score (nSPS) is 15.4. The Hall–Kier alpha value is -3.33. The van der Waals surface area contributed by atoms with E-state index in [2.05, 4.69) is 22.7 Å². The number of rotatable bonds is 7. The van der Waals surface area contributed by atoms with E-state index in [1.165, 1.54) is 4.31 Å². The molecule has 0 radical (unpaired) electrons. The molecule has 7 nitrogen and oxygen atoms in total. The molecule has 1 aliphatic heterocycles. The van der Waals surface area contributed by atoms with Crippen LogP contribution in [0.15, 0.2) is 88.9 Å². The van der Waals surface area contributed by atoms with Crippen LogP contribution in [0, 0.1) is 6.92 Å². The summed E-state index contributed by atoms with van der Waals surface area (Å²) in [4.78, 5) is 14.5. The van der Waals surface area contributed by atoms with E-state index in [-0.39, 0.29) is 12.5 Å². The average Bonchev–Trinajstić information content (AvgIpc) is 2.86. The van der Waals surface area contributed by atoms with Gasteiger partial charge in [0.2, 0.25) is 10.0 Å². The van der Waals surface area contributed by atoms with Gasteiger partial charge in [-0.05, 0) is 35.7 Å². The van der Waals surface area contributed by atoms with Crippen molar-refractivity contribution in [2.75, 3.05) is 32.7 Å². The molecule has 0 saturated carbocycles. The molecule has 3 aromatic carbocycles. The standard InChI is InChI=1S/C26H28N4O3S/c1-21-7-13-25(14-8-21)34(32,33)30-17-15-29(16-18-30)20-26(31)28-27-19-22-9-11-24(12-10-22)23-5-3-2-4-6-23/h2-14,19H,15-18,20H2,1H3,(H,28,31)/b27-19+. The molecule has 1 aliphatic rings. The lowest BCUT2D eigenvalue weighted by atomic mass is 10.0. The second-order valence-corrected chi connectivity index (χ2v) is 10.2. The van der Waals surface area contributed by atoms with E-state index in [4.69, 9.17) is 0 Å². The van der Waals surface area contributed by atoms with Crippen molar-refractivity contribution in [3.05, 3.63) is 90.0 Å². The molecule has 8 heteroatoms. The molecule has 0 atom stereocenters. The predicted octanol–water partition coefficient (Wildman–Crippen LogP) is 3.12. The Balaban J connectivity index is 1.23. The largest absolute Gasteiger partial charge is 0.292 e. The van der Waals surface area contributed by atoms with Crippen molar-refractivity contribution in [1.82, 2.24) is 14.6 Å². The van der Waals surface area contributed by atoms with E-state index in [1.807, 2.05) is 54.3 Å². The fourth-order valence-electron chi connectivity index (χ4n) is 3.80. The average molecular weight is 477 g/mol. The summed E-state index contributed by atoms with van der Waals surface area (Å²) in [6.45, 7) is 3.77. The van der Waals surface area contributed by atoms with Crippen LogP contribution >= 0.6 is 0 Å². The van der Waals surface area contributed by atoms with Crippen molar-refractivity contribution in [2.45, 2.75) is 11.8 Å². The summed E-state index contributed by atoms with van der Waals surface area (Å²) in [6, 6.07) is 24.9. The third kappa shape index (κ3) is 5.96. The number of hydrogen-bond acceptors (Lipinski definition) is 5. The maximum atomic E-state index is 12.8. The quantitative estimate of drug-likeness (QED) is 0.420. The van der Waals surface area contributed by atoms with E-state index in [1.54, 1.807) is 30.5 Å². The van der Waals surface area contributed by atoms with Crippen LogP contribution in [-0.2, 0) is 14.8 Å². The summed E-state index contributed by atoms with van der Waals surface area (Å²) >= 11 is 0. The Kier molecular flexibility index (Phi) is 7.52. The summed E-state index contributed by atoms with van der Waals surface area (Å²) < 4.78 is 27.1. The van der Waals surface area contributed by atoms with Gasteiger partial charge in [0.1, 0.15) is 0 Å². The van der Waals surface area contributed by atoms with Gasteiger partial charge in [-0.25, -0.2) is 13.8 Å². The summed E-state index contributed by atoms with van der Waals surface area (Å²) in [7, 11) is -3.51. The highest BCUT2D eigenvalue weighted by molar-refractivity contribution is 7.89. The molecule has 4 rings (SSSR count). The van der Waals surface area contributed by atoms with Crippen molar-refractivity contribution in [3.63, 3.8) is 0 Å². The van der Waals surface area contributed by atoms with Crippen molar-refractivity contribution < 1.29 is 13.2 Å². The summed E-state index contributed by atoms with van der Waals surface area (Å²) in [5.41, 5.74) is 6.71. The van der Waals surface area contributed by atoms with Crippen LogP contribution in [0.25, 0.3) is 11.1 Å². The molecule has 1 amide bonds. The van der Waals surface area contributed by atoms with Gasteiger partial charge in [0.25, 0.3) is 5.91 Å². The first-order valence-electron chi connectivity index (χ1n) is 11.2. The number of aryl methyl sites for hydroxylation is 1. The molecule has 0 aliphatic carbocycles. The summed E-state index contributed by atoms with van der Waals surface area (Å²) in [5.74, 6) is -0.230. The lowest BCUT2D eigenvalue weighted by Gasteiger charge is -2.33. The van der Waals surface area contributed by atoms with E-state index >= 15 is 0 Å². The molecule has 0 bridgehead atoms. The minimum atomic E-state index is -3.51. The van der Waals surface area contributed by atoms with Gasteiger partial charge >= 0.3 is 0 Å². The number of carbonyl (C=O) groups is 1. The van der Waals surface area contributed by atoms with Gasteiger partial charge in [-0.3, -0.25) is 9.69 Å². The Labute approximate surface area is 200 Å². The highest BCUT2D eigenvalue weighted by Gasteiger charge is 2.28. The summed E-state index contributed by atoms with van der Waals surface area (Å²) in [5, 5.41) is 4.05. The molecule has 3 aromatic rings. The fraction of sp³-hybridized carbons (Fsp3) is 0.231. The SMILES string of the molecule is Cc1ccc(S(=O)(=O)N2CCN(CC(=O)N/N=C/c3ccc(-c4ccccc4)cc3)CC2)cc1. The monoisotopic (exact) mass is 476 g/mol. The number of piperazine rings is 1. The van der Waals surface area contributed by atoms with E-state index in [0.717, 1.165) is 22.3 Å². The smallest absolute Gasteiger partial charge is 0.254 e. The van der Waals surface area contributed by atoms with Crippen LogP contribution in [0.2, 0.25) is 0 Å². The van der Waals surface area contributed by atoms with Gasteiger partial charge in [-0.1, -0.05) is 72.3 Å². The van der Waals surface area contributed by atoms with Gasteiger partial charge in [-0.2, -0.15) is 9.41 Å². The van der Waals surface area contributed by atoms with Gasteiger partial charge in [0.15, 0.2) is 0 Å². The molecule has 0 aromatic heterocycles. The van der Waals surface area contributed by atoms with Crippen molar-refractivity contribution in [2.24, 2.45) is 5.10 Å². The van der Waals surface area contributed by atoms with E-state index in [0.29, 0.717) is 31.1 Å². The highest BCUT2D eigenvalue weighted by atomic mass is 32.2. The Bertz CT molecular complexity index is 1230. The molecule has 1 fully saturated rings. The number of sulfonamides is 1. The molecule has 1 N–H and O–H groups in total. The first-order chi connectivity index (χ1) is 16.4. The first kappa shape index (κ1) is 23.8. The zero-order valence-corrected chi connectivity index (χ0v) is 19.9. The topological polar surface area (TPSA) is 82.1 Å². The zero-order chi connectivity index (χ0) is 24.0. The molecule has 34 heavy (non-hydrogen) atoms. The van der Waals surface area contributed by atoms with Gasteiger partial charge in [-0.15, -0.1) is 0 Å². The van der Waals surface area contributed by atoms with Crippen molar-refractivity contribution >= 4 is 22.1 Å². The van der Waals surface area contributed by atoms with Crippen LogP contribution in [0.4, 0.5) is 0 Å². The molecule has 0 spiro atoms.